The molecule has 142 valence electrons. The molecular formula is C22H27N3O2. The average Bonchev–Trinajstić information content (AvgIpc) is 2.67. The average molecular weight is 365 g/mol. The second-order valence-electron chi connectivity index (χ2n) is 7.11. The summed E-state index contributed by atoms with van der Waals surface area (Å²) in [4.78, 5) is 32.1. The van der Waals surface area contributed by atoms with E-state index in [9.17, 15) is 9.59 Å². The Balaban J connectivity index is 1.59. The monoisotopic (exact) mass is 365 g/mol. The van der Waals surface area contributed by atoms with Crippen LogP contribution in [0.5, 0.6) is 0 Å². The van der Waals surface area contributed by atoms with Crippen molar-refractivity contribution in [3.05, 3.63) is 74.7 Å². The Labute approximate surface area is 160 Å². The molecule has 0 atom stereocenters. The van der Waals surface area contributed by atoms with Crippen LogP contribution in [-0.2, 0) is 0 Å². The van der Waals surface area contributed by atoms with E-state index in [-0.39, 0.29) is 17.0 Å². The molecule has 5 heteroatoms. The fraction of sp³-hybridized carbons (Fsp3) is 0.364. The fourth-order valence-corrected chi connectivity index (χ4v) is 3.42. The lowest BCUT2D eigenvalue weighted by Gasteiger charge is -2.34. The molecule has 1 aromatic carbocycles. The first-order chi connectivity index (χ1) is 13.0. The quantitative estimate of drug-likeness (QED) is 0.906. The molecular weight excluding hydrogens is 338 g/mol. The number of aromatic amines is 1. The molecule has 1 aliphatic heterocycles. The summed E-state index contributed by atoms with van der Waals surface area (Å²) >= 11 is 0. The maximum atomic E-state index is 12.9. The highest BCUT2D eigenvalue weighted by Gasteiger charge is 2.25. The van der Waals surface area contributed by atoms with Gasteiger partial charge in [0, 0.05) is 38.4 Å². The maximum Gasteiger partial charge on any atom is 0.261 e. The minimum Gasteiger partial charge on any atom is -0.336 e. The highest BCUT2D eigenvalue weighted by atomic mass is 16.2. The van der Waals surface area contributed by atoms with Crippen molar-refractivity contribution >= 4 is 12.0 Å². The van der Waals surface area contributed by atoms with Crippen molar-refractivity contribution in [2.45, 2.75) is 20.8 Å². The third-order valence-electron chi connectivity index (χ3n) is 5.37. The first-order valence-corrected chi connectivity index (χ1v) is 9.40. The van der Waals surface area contributed by atoms with Gasteiger partial charge in [-0.25, -0.2) is 0 Å². The molecule has 2 heterocycles. The number of pyridine rings is 1. The van der Waals surface area contributed by atoms with Gasteiger partial charge >= 0.3 is 0 Å². The van der Waals surface area contributed by atoms with Gasteiger partial charge in [0.2, 0.25) is 0 Å². The van der Waals surface area contributed by atoms with Crippen LogP contribution >= 0.6 is 0 Å². The van der Waals surface area contributed by atoms with E-state index in [1.54, 1.807) is 4.90 Å². The first-order valence-electron chi connectivity index (χ1n) is 9.40. The zero-order valence-electron chi connectivity index (χ0n) is 16.3. The van der Waals surface area contributed by atoms with Crippen molar-refractivity contribution in [3.8, 4) is 0 Å². The number of aryl methyl sites for hydroxylation is 1. The Morgan fingerprint density at radius 3 is 2.37 bits per heavy atom. The normalized spacial score (nSPS) is 15.4. The Bertz CT molecular complexity index is 892. The summed E-state index contributed by atoms with van der Waals surface area (Å²) in [5.74, 6) is -0.156. The molecule has 0 aliphatic carbocycles. The Kier molecular flexibility index (Phi) is 5.91. The van der Waals surface area contributed by atoms with Crippen LogP contribution in [0.15, 0.2) is 41.2 Å². The molecule has 3 rings (SSSR count). The zero-order valence-corrected chi connectivity index (χ0v) is 16.3. The number of hydrogen-bond donors (Lipinski definition) is 1. The van der Waals surface area contributed by atoms with Gasteiger partial charge in [0.25, 0.3) is 11.5 Å². The topological polar surface area (TPSA) is 56.4 Å². The third-order valence-corrected chi connectivity index (χ3v) is 5.37. The van der Waals surface area contributed by atoms with Gasteiger partial charge in [-0.15, -0.1) is 0 Å². The number of nitrogens with one attached hydrogen (secondary N) is 1. The molecule has 27 heavy (non-hydrogen) atoms. The molecule has 0 saturated carbocycles. The van der Waals surface area contributed by atoms with E-state index in [1.165, 1.54) is 5.56 Å². The van der Waals surface area contributed by atoms with Crippen molar-refractivity contribution < 1.29 is 4.79 Å². The van der Waals surface area contributed by atoms with Crippen LogP contribution in [0.2, 0.25) is 0 Å². The first kappa shape index (κ1) is 19.1. The molecule has 1 amide bonds. The summed E-state index contributed by atoms with van der Waals surface area (Å²) < 4.78 is 0. The summed E-state index contributed by atoms with van der Waals surface area (Å²) in [5.41, 5.74) is 3.78. The molecule has 0 spiro atoms. The molecule has 1 aromatic heterocycles. The molecule has 0 unspecified atom stereocenters. The number of aromatic nitrogens is 1. The van der Waals surface area contributed by atoms with Gasteiger partial charge in [0.05, 0.1) is 0 Å². The number of benzene rings is 1. The Morgan fingerprint density at radius 2 is 1.70 bits per heavy atom. The number of rotatable bonds is 4. The summed E-state index contributed by atoms with van der Waals surface area (Å²) in [6.45, 7) is 9.43. The molecule has 0 radical (unpaired) electrons. The lowest BCUT2D eigenvalue weighted by Crippen LogP contribution is -2.49. The molecule has 5 nitrogen and oxygen atoms in total. The predicted octanol–water partition coefficient (Wildman–Crippen LogP) is 2.77. The van der Waals surface area contributed by atoms with E-state index in [0.717, 1.165) is 36.5 Å². The molecule has 1 aliphatic rings. The van der Waals surface area contributed by atoms with Crippen molar-refractivity contribution in [2.75, 3.05) is 32.7 Å². The summed E-state index contributed by atoms with van der Waals surface area (Å²) in [7, 11) is 0. The number of amides is 1. The Morgan fingerprint density at radius 1 is 1.04 bits per heavy atom. The lowest BCUT2D eigenvalue weighted by molar-refractivity contribution is 0.0647. The van der Waals surface area contributed by atoms with Gasteiger partial charge in [-0.2, -0.15) is 0 Å². The van der Waals surface area contributed by atoms with Gasteiger partial charge in [-0.05, 0) is 37.5 Å². The third kappa shape index (κ3) is 4.37. The van der Waals surface area contributed by atoms with Crippen molar-refractivity contribution in [2.24, 2.45) is 0 Å². The highest BCUT2D eigenvalue weighted by molar-refractivity contribution is 5.95. The summed E-state index contributed by atoms with van der Waals surface area (Å²) in [6, 6.07) is 10.2. The van der Waals surface area contributed by atoms with Gasteiger partial charge in [0.15, 0.2) is 0 Å². The van der Waals surface area contributed by atoms with Crippen LogP contribution < -0.4 is 5.56 Å². The lowest BCUT2D eigenvalue weighted by atomic mass is 10.0. The van der Waals surface area contributed by atoms with Crippen molar-refractivity contribution in [3.63, 3.8) is 0 Å². The van der Waals surface area contributed by atoms with E-state index in [2.05, 4.69) is 34.2 Å². The van der Waals surface area contributed by atoms with E-state index in [4.69, 9.17) is 0 Å². The molecule has 1 N–H and O–H groups in total. The standard InChI is InChI=1S/C22H27N3O2/c1-16-17(2)20(21(26)23-18(16)3)22(27)25-14-12-24(13-15-25)11-7-10-19-8-5-4-6-9-19/h4-10H,11-15H2,1-3H3,(H,23,26)/b10-7+. The second kappa shape index (κ2) is 8.35. The van der Waals surface area contributed by atoms with E-state index in [1.807, 2.05) is 39.0 Å². The fourth-order valence-electron chi connectivity index (χ4n) is 3.42. The minimum atomic E-state index is -0.283. The smallest absolute Gasteiger partial charge is 0.261 e. The van der Waals surface area contributed by atoms with Crippen LogP contribution in [0.25, 0.3) is 6.08 Å². The van der Waals surface area contributed by atoms with Crippen LogP contribution in [0.4, 0.5) is 0 Å². The number of carbonyl (C=O) groups is 1. The van der Waals surface area contributed by atoms with Crippen LogP contribution in [0.1, 0.15) is 32.7 Å². The van der Waals surface area contributed by atoms with Crippen LogP contribution in [0, 0.1) is 20.8 Å². The number of hydrogen-bond acceptors (Lipinski definition) is 3. The highest BCUT2D eigenvalue weighted by Crippen LogP contribution is 2.15. The van der Waals surface area contributed by atoms with E-state index < -0.39 is 0 Å². The SMILES string of the molecule is Cc1[nH]c(=O)c(C(=O)N2CCN(C/C=C/c3ccccc3)CC2)c(C)c1C. The predicted molar refractivity (Wildman–Crippen MR) is 109 cm³/mol. The zero-order chi connectivity index (χ0) is 19.4. The Hall–Kier alpha value is -2.66. The van der Waals surface area contributed by atoms with Gasteiger partial charge in [-0.1, -0.05) is 42.5 Å². The second-order valence-corrected chi connectivity index (χ2v) is 7.11. The molecule has 1 fully saturated rings. The largest absolute Gasteiger partial charge is 0.336 e. The van der Waals surface area contributed by atoms with Crippen LogP contribution in [0.3, 0.4) is 0 Å². The number of piperazine rings is 1. The maximum absolute atomic E-state index is 12.9. The number of H-pyrrole nitrogens is 1. The molecule has 1 saturated heterocycles. The summed E-state index contributed by atoms with van der Waals surface area (Å²) in [5, 5.41) is 0. The van der Waals surface area contributed by atoms with Crippen molar-refractivity contribution in [1.82, 2.24) is 14.8 Å². The van der Waals surface area contributed by atoms with Gasteiger partial charge in [0.1, 0.15) is 5.56 Å². The number of nitrogens with zero attached hydrogens (tertiary/aromatic N) is 2. The van der Waals surface area contributed by atoms with Gasteiger partial charge in [-0.3, -0.25) is 14.5 Å². The molecule has 0 bridgehead atoms. The minimum absolute atomic E-state index is 0.156. The van der Waals surface area contributed by atoms with Crippen LogP contribution in [-0.4, -0.2) is 53.4 Å². The molecule has 2 aromatic rings. The van der Waals surface area contributed by atoms with E-state index in [0.29, 0.717) is 13.1 Å². The summed E-state index contributed by atoms with van der Waals surface area (Å²) in [6.07, 6.45) is 4.28. The van der Waals surface area contributed by atoms with Gasteiger partial charge < -0.3 is 9.88 Å². The van der Waals surface area contributed by atoms with Crippen molar-refractivity contribution in [1.29, 1.82) is 0 Å². The number of carbonyl (C=O) groups excluding carboxylic acids is 1. The van der Waals surface area contributed by atoms with E-state index >= 15 is 0 Å².